The van der Waals surface area contributed by atoms with Crippen molar-refractivity contribution in [3.63, 3.8) is 0 Å². The molecule has 0 radical (unpaired) electrons. The van der Waals surface area contributed by atoms with Gasteiger partial charge in [-0.15, -0.1) is 35.3 Å². The summed E-state index contributed by atoms with van der Waals surface area (Å²) in [5, 5.41) is 0. The molecular formula is C6H14S3. The summed E-state index contributed by atoms with van der Waals surface area (Å²) in [4.78, 5) is 0. The second kappa shape index (κ2) is 7.16. The van der Waals surface area contributed by atoms with Gasteiger partial charge < -0.3 is 0 Å². The van der Waals surface area contributed by atoms with Crippen LogP contribution in [0, 0.1) is 0 Å². The number of thioether (sulfide) groups is 3. The number of rotatable bonds is 5. The van der Waals surface area contributed by atoms with Crippen LogP contribution in [0.15, 0.2) is 0 Å². The molecule has 0 bridgehead atoms. The van der Waals surface area contributed by atoms with Crippen molar-refractivity contribution in [2.75, 3.05) is 17.8 Å². The van der Waals surface area contributed by atoms with Gasteiger partial charge in [-0.3, -0.25) is 0 Å². The van der Waals surface area contributed by atoms with E-state index in [0.29, 0.717) is 0 Å². The molecule has 0 heterocycles. The third kappa shape index (κ3) is 5.49. The third-order valence-electron chi connectivity index (χ3n) is 0.798. The summed E-state index contributed by atoms with van der Waals surface area (Å²) >= 11 is 6.00. The van der Waals surface area contributed by atoms with Crippen LogP contribution in [0.25, 0.3) is 0 Å². The molecule has 0 saturated carbocycles. The van der Waals surface area contributed by atoms with Crippen molar-refractivity contribution in [2.24, 2.45) is 0 Å². The molecule has 0 unspecified atom stereocenters. The van der Waals surface area contributed by atoms with E-state index in [2.05, 4.69) is 20.1 Å². The molecule has 0 aromatic rings. The molecule has 0 rings (SSSR count). The fourth-order valence-corrected chi connectivity index (χ4v) is 4.11. The average Bonchev–Trinajstić information content (AvgIpc) is 1.88. The molecule has 0 aliphatic rings. The van der Waals surface area contributed by atoms with Crippen molar-refractivity contribution in [3.05, 3.63) is 0 Å². The van der Waals surface area contributed by atoms with Gasteiger partial charge in [-0.2, -0.15) is 0 Å². The molecule has 0 spiro atoms. The summed E-state index contributed by atoms with van der Waals surface area (Å²) in [5.74, 6) is 2.47. The van der Waals surface area contributed by atoms with Gasteiger partial charge in [-0.25, -0.2) is 0 Å². The van der Waals surface area contributed by atoms with Crippen molar-refractivity contribution >= 4 is 35.3 Å². The standard InChI is InChI=1S/C6H14S3/c1-4-8-6(7-3)9-5-2/h6H,4-5H2,1-3H3. The Labute approximate surface area is 70.9 Å². The maximum absolute atomic E-state index is 2.21. The van der Waals surface area contributed by atoms with E-state index in [-0.39, 0.29) is 0 Å². The van der Waals surface area contributed by atoms with E-state index in [1.807, 2.05) is 35.3 Å². The van der Waals surface area contributed by atoms with Crippen LogP contribution < -0.4 is 0 Å². The van der Waals surface area contributed by atoms with Crippen LogP contribution in [0.1, 0.15) is 13.8 Å². The molecule has 0 N–H and O–H groups in total. The first-order valence-corrected chi connectivity index (χ1v) is 6.49. The first-order valence-electron chi connectivity index (χ1n) is 3.11. The monoisotopic (exact) mass is 182 g/mol. The third-order valence-corrected chi connectivity index (χ3v) is 5.18. The predicted molar refractivity (Wildman–Crippen MR) is 53.6 cm³/mol. The zero-order chi connectivity index (χ0) is 7.11. The van der Waals surface area contributed by atoms with Crippen molar-refractivity contribution in [3.8, 4) is 0 Å². The molecule has 0 atom stereocenters. The van der Waals surface area contributed by atoms with Gasteiger partial charge in [0, 0.05) is 0 Å². The fraction of sp³-hybridized carbons (Fsp3) is 1.00. The lowest BCUT2D eigenvalue weighted by Gasteiger charge is -2.09. The number of hydrogen-bond acceptors (Lipinski definition) is 3. The summed E-state index contributed by atoms with van der Waals surface area (Å²) in [5.41, 5.74) is 0. The first kappa shape index (κ1) is 10.0. The van der Waals surface area contributed by atoms with Crippen molar-refractivity contribution in [2.45, 2.75) is 17.8 Å². The van der Waals surface area contributed by atoms with Gasteiger partial charge in [-0.1, -0.05) is 13.8 Å². The predicted octanol–water partition coefficient (Wildman–Crippen LogP) is 3.14. The van der Waals surface area contributed by atoms with Gasteiger partial charge in [0.15, 0.2) is 0 Å². The highest BCUT2D eigenvalue weighted by molar-refractivity contribution is 8.32. The molecule has 0 aliphatic heterocycles. The lowest BCUT2D eigenvalue weighted by Crippen LogP contribution is -1.89. The summed E-state index contributed by atoms with van der Waals surface area (Å²) in [7, 11) is 0. The zero-order valence-corrected chi connectivity index (χ0v) is 8.67. The van der Waals surface area contributed by atoms with Crippen molar-refractivity contribution < 1.29 is 0 Å². The van der Waals surface area contributed by atoms with Crippen LogP contribution in [-0.2, 0) is 0 Å². The molecule has 3 heteroatoms. The maximum Gasteiger partial charge on any atom is 0.0952 e. The molecule has 0 nitrogen and oxygen atoms in total. The topological polar surface area (TPSA) is 0 Å². The van der Waals surface area contributed by atoms with E-state index < -0.39 is 0 Å². The number of hydrogen-bond donors (Lipinski definition) is 0. The van der Waals surface area contributed by atoms with Crippen LogP contribution >= 0.6 is 35.3 Å². The Morgan fingerprint density at radius 3 is 1.78 bits per heavy atom. The SMILES string of the molecule is CCSC(SC)SCC. The fourth-order valence-electron chi connectivity index (χ4n) is 0.456. The minimum Gasteiger partial charge on any atom is -0.140 e. The van der Waals surface area contributed by atoms with Gasteiger partial charge in [-0.05, 0) is 17.8 Å². The minimum atomic E-state index is 0.764. The Bertz CT molecular complexity index is 50.3. The lowest BCUT2D eigenvalue weighted by atomic mass is 11.0. The van der Waals surface area contributed by atoms with Gasteiger partial charge in [0.1, 0.15) is 0 Å². The van der Waals surface area contributed by atoms with Gasteiger partial charge in [0.25, 0.3) is 0 Å². The largest absolute Gasteiger partial charge is 0.140 e. The van der Waals surface area contributed by atoms with Gasteiger partial charge >= 0.3 is 0 Å². The second-order valence-corrected chi connectivity index (χ2v) is 6.04. The van der Waals surface area contributed by atoms with E-state index in [0.717, 1.165) is 3.91 Å². The molecular weight excluding hydrogens is 168 g/mol. The van der Waals surface area contributed by atoms with Crippen molar-refractivity contribution in [1.82, 2.24) is 0 Å². The molecule has 9 heavy (non-hydrogen) atoms. The average molecular weight is 182 g/mol. The van der Waals surface area contributed by atoms with E-state index in [4.69, 9.17) is 0 Å². The zero-order valence-electron chi connectivity index (χ0n) is 6.22. The minimum absolute atomic E-state index is 0.764. The Morgan fingerprint density at radius 1 is 1.11 bits per heavy atom. The highest BCUT2D eigenvalue weighted by Crippen LogP contribution is 2.31. The van der Waals surface area contributed by atoms with Crippen LogP contribution in [0.3, 0.4) is 0 Å². The smallest absolute Gasteiger partial charge is 0.0952 e. The Kier molecular flexibility index (Phi) is 8.00. The van der Waals surface area contributed by atoms with Crippen LogP contribution in [0.4, 0.5) is 0 Å². The van der Waals surface area contributed by atoms with Gasteiger partial charge in [0.05, 0.1) is 3.91 Å². The van der Waals surface area contributed by atoms with Crippen molar-refractivity contribution in [1.29, 1.82) is 0 Å². The van der Waals surface area contributed by atoms with E-state index in [1.54, 1.807) is 0 Å². The normalized spacial score (nSPS) is 10.7. The highest BCUT2D eigenvalue weighted by atomic mass is 32.3. The molecule has 0 aliphatic carbocycles. The van der Waals surface area contributed by atoms with E-state index in [9.17, 15) is 0 Å². The highest BCUT2D eigenvalue weighted by Gasteiger charge is 2.02. The Hall–Kier alpha value is 1.05. The second-order valence-electron chi connectivity index (χ2n) is 1.44. The Balaban J connectivity index is 3.18. The van der Waals surface area contributed by atoms with E-state index >= 15 is 0 Å². The summed E-state index contributed by atoms with van der Waals surface area (Å²) < 4.78 is 0.764. The Morgan fingerprint density at radius 2 is 1.56 bits per heavy atom. The van der Waals surface area contributed by atoms with Crippen LogP contribution in [-0.4, -0.2) is 21.7 Å². The van der Waals surface area contributed by atoms with Crippen LogP contribution in [0.5, 0.6) is 0 Å². The quantitative estimate of drug-likeness (QED) is 0.600. The molecule has 0 aromatic carbocycles. The summed E-state index contributed by atoms with van der Waals surface area (Å²) in [6.45, 7) is 4.42. The molecule has 56 valence electrons. The van der Waals surface area contributed by atoms with Crippen LogP contribution in [0.2, 0.25) is 0 Å². The molecule has 0 aromatic heterocycles. The summed E-state index contributed by atoms with van der Waals surface area (Å²) in [6.07, 6.45) is 2.18. The maximum atomic E-state index is 2.21. The molecule has 0 saturated heterocycles. The van der Waals surface area contributed by atoms with Gasteiger partial charge in [0.2, 0.25) is 0 Å². The lowest BCUT2D eigenvalue weighted by molar-refractivity contribution is 1.51. The molecule has 0 fully saturated rings. The molecule has 0 amide bonds. The first-order chi connectivity index (χ1) is 4.35. The van der Waals surface area contributed by atoms with E-state index in [1.165, 1.54) is 11.5 Å². The summed E-state index contributed by atoms with van der Waals surface area (Å²) in [6, 6.07) is 0.